The number of amides is 2. The summed E-state index contributed by atoms with van der Waals surface area (Å²) in [4.78, 5) is 36.9. The maximum absolute atomic E-state index is 12.5. The Hall–Kier alpha value is -3.55. The van der Waals surface area contributed by atoms with Crippen molar-refractivity contribution in [2.24, 2.45) is 0 Å². The number of anilines is 1. The van der Waals surface area contributed by atoms with Crippen LogP contribution in [-0.4, -0.2) is 54.1 Å². The number of ether oxygens (including phenoxy) is 2. The molecule has 0 spiro atoms. The number of carboxylic acids is 1. The van der Waals surface area contributed by atoms with Gasteiger partial charge in [-0.25, -0.2) is 4.79 Å². The molecule has 2 amide bonds. The number of hydrogen-bond acceptors (Lipinski definition) is 5. The summed E-state index contributed by atoms with van der Waals surface area (Å²) in [5.41, 5.74) is 0.835. The molecule has 0 aliphatic carbocycles. The summed E-state index contributed by atoms with van der Waals surface area (Å²) < 4.78 is 10.7. The fourth-order valence-corrected chi connectivity index (χ4v) is 2.94. The van der Waals surface area contributed by atoms with Gasteiger partial charge in [-0.2, -0.15) is 0 Å². The van der Waals surface area contributed by atoms with E-state index in [1.807, 2.05) is 0 Å². The molecule has 8 nitrogen and oxygen atoms in total. The lowest BCUT2D eigenvalue weighted by molar-refractivity contribution is -0.139. The highest BCUT2D eigenvalue weighted by Gasteiger charge is 2.18. The number of nitrogens with one attached hydrogen (secondary N) is 1. The number of hydrogen-bond donors (Lipinski definition) is 2. The Morgan fingerprint density at radius 3 is 2.31 bits per heavy atom. The second-order valence-electron chi connectivity index (χ2n) is 6.57. The van der Waals surface area contributed by atoms with Gasteiger partial charge < -0.3 is 24.8 Å². The van der Waals surface area contributed by atoms with Gasteiger partial charge in [0.25, 0.3) is 11.8 Å². The van der Waals surface area contributed by atoms with Crippen LogP contribution in [0.2, 0.25) is 0 Å². The topological polar surface area (TPSA) is 105 Å². The van der Waals surface area contributed by atoms with Gasteiger partial charge in [0, 0.05) is 30.4 Å². The Balaban J connectivity index is 1.58. The van der Waals surface area contributed by atoms with Crippen molar-refractivity contribution >= 4 is 23.5 Å². The Bertz CT molecular complexity index is 892. The zero-order valence-electron chi connectivity index (χ0n) is 15.8. The Morgan fingerprint density at radius 1 is 0.931 bits per heavy atom. The van der Waals surface area contributed by atoms with Crippen molar-refractivity contribution in [2.45, 2.75) is 12.8 Å². The Kier molecular flexibility index (Phi) is 6.67. The lowest BCUT2D eigenvalue weighted by Crippen LogP contribution is -2.32. The lowest BCUT2D eigenvalue weighted by atomic mass is 10.2. The molecule has 2 N–H and O–H groups in total. The van der Waals surface area contributed by atoms with Crippen LogP contribution >= 0.6 is 0 Å². The predicted octanol–water partition coefficient (Wildman–Crippen LogP) is 2.40. The Morgan fingerprint density at radius 2 is 1.59 bits per heavy atom. The van der Waals surface area contributed by atoms with E-state index < -0.39 is 12.6 Å². The SMILES string of the molecule is O=C(O)COc1cccc(C(=O)Nc2cccc(OCC(=O)N3CCCC3)c2)c1. The van der Waals surface area contributed by atoms with Gasteiger partial charge in [-0.15, -0.1) is 0 Å². The summed E-state index contributed by atoms with van der Waals surface area (Å²) in [5, 5.41) is 11.4. The average molecular weight is 398 g/mol. The van der Waals surface area contributed by atoms with Gasteiger partial charge in [-0.05, 0) is 43.2 Å². The molecule has 0 bridgehead atoms. The molecule has 0 unspecified atom stereocenters. The standard InChI is InChI=1S/C21H22N2O6/c24-19(23-9-1-2-10-23)13-28-18-8-4-6-16(12-18)22-21(27)15-5-3-7-17(11-15)29-14-20(25)26/h3-8,11-12H,1-2,9-10,13-14H2,(H,22,27)(H,25,26). The molecule has 1 aliphatic heterocycles. The predicted molar refractivity (Wildman–Crippen MR) is 105 cm³/mol. The third-order valence-electron chi connectivity index (χ3n) is 4.37. The largest absolute Gasteiger partial charge is 0.484 e. The van der Waals surface area contributed by atoms with Crippen molar-refractivity contribution in [1.82, 2.24) is 4.90 Å². The monoisotopic (exact) mass is 398 g/mol. The molecule has 29 heavy (non-hydrogen) atoms. The number of benzene rings is 2. The van der Waals surface area contributed by atoms with E-state index >= 15 is 0 Å². The highest BCUT2D eigenvalue weighted by Crippen LogP contribution is 2.20. The minimum Gasteiger partial charge on any atom is -0.484 e. The molecule has 152 valence electrons. The number of carboxylic acid groups (broad SMARTS) is 1. The summed E-state index contributed by atoms with van der Waals surface area (Å²) in [6, 6.07) is 13.0. The summed E-state index contributed by atoms with van der Waals surface area (Å²) in [6.07, 6.45) is 2.05. The third kappa shape index (κ3) is 5.97. The van der Waals surface area contributed by atoms with Crippen molar-refractivity contribution in [3.05, 3.63) is 54.1 Å². The minimum absolute atomic E-state index is 0.0413. The van der Waals surface area contributed by atoms with Crippen molar-refractivity contribution in [3.8, 4) is 11.5 Å². The van der Waals surface area contributed by atoms with E-state index in [2.05, 4.69) is 5.32 Å². The quantitative estimate of drug-likeness (QED) is 0.707. The van der Waals surface area contributed by atoms with Crippen LogP contribution in [0.5, 0.6) is 11.5 Å². The minimum atomic E-state index is -1.10. The van der Waals surface area contributed by atoms with Crippen LogP contribution in [0.3, 0.4) is 0 Å². The van der Waals surface area contributed by atoms with Crippen LogP contribution in [0.25, 0.3) is 0 Å². The van der Waals surface area contributed by atoms with Crippen LogP contribution in [-0.2, 0) is 9.59 Å². The molecule has 3 rings (SSSR count). The molecule has 0 aromatic heterocycles. The van der Waals surface area contributed by atoms with Crippen LogP contribution < -0.4 is 14.8 Å². The fraction of sp³-hybridized carbons (Fsp3) is 0.286. The lowest BCUT2D eigenvalue weighted by Gasteiger charge is -2.15. The van der Waals surface area contributed by atoms with Crippen LogP contribution in [0.15, 0.2) is 48.5 Å². The molecule has 8 heteroatoms. The summed E-state index contributed by atoms with van der Waals surface area (Å²) >= 11 is 0. The zero-order chi connectivity index (χ0) is 20.6. The van der Waals surface area contributed by atoms with Crippen LogP contribution in [0.4, 0.5) is 5.69 Å². The second kappa shape index (κ2) is 9.59. The molecule has 1 saturated heterocycles. The number of nitrogens with zero attached hydrogens (tertiary/aromatic N) is 1. The van der Waals surface area contributed by atoms with Gasteiger partial charge in [-0.3, -0.25) is 9.59 Å². The number of carbonyl (C=O) groups is 3. The number of rotatable bonds is 8. The second-order valence-corrected chi connectivity index (χ2v) is 6.57. The third-order valence-corrected chi connectivity index (χ3v) is 4.37. The maximum Gasteiger partial charge on any atom is 0.341 e. The first-order valence-corrected chi connectivity index (χ1v) is 9.28. The normalized spacial score (nSPS) is 13.0. The van der Waals surface area contributed by atoms with E-state index in [4.69, 9.17) is 14.6 Å². The number of likely N-dealkylation sites (tertiary alicyclic amines) is 1. The molecular formula is C21H22N2O6. The zero-order valence-corrected chi connectivity index (χ0v) is 15.8. The molecule has 0 saturated carbocycles. The fourth-order valence-electron chi connectivity index (χ4n) is 2.94. The highest BCUT2D eigenvalue weighted by molar-refractivity contribution is 6.04. The molecule has 1 fully saturated rings. The van der Waals surface area contributed by atoms with E-state index in [-0.39, 0.29) is 24.2 Å². The van der Waals surface area contributed by atoms with Crippen LogP contribution in [0.1, 0.15) is 23.2 Å². The van der Waals surface area contributed by atoms with Crippen molar-refractivity contribution in [3.63, 3.8) is 0 Å². The molecular weight excluding hydrogens is 376 g/mol. The first kappa shape index (κ1) is 20.2. The van der Waals surface area contributed by atoms with Gasteiger partial charge in [-0.1, -0.05) is 12.1 Å². The smallest absolute Gasteiger partial charge is 0.341 e. The van der Waals surface area contributed by atoms with Gasteiger partial charge >= 0.3 is 5.97 Å². The maximum atomic E-state index is 12.5. The molecule has 2 aromatic rings. The highest BCUT2D eigenvalue weighted by atomic mass is 16.5. The van der Waals surface area contributed by atoms with Crippen molar-refractivity contribution < 1.29 is 29.0 Å². The van der Waals surface area contributed by atoms with Gasteiger partial charge in [0.2, 0.25) is 0 Å². The molecule has 1 aliphatic rings. The summed E-state index contributed by atoms with van der Waals surface area (Å²) in [5.74, 6) is -0.752. The van der Waals surface area contributed by atoms with Gasteiger partial charge in [0.1, 0.15) is 11.5 Å². The number of aliphatic carboxylic acids is 1. The van der Waals surface area contributed by atoms with Crippen LogP contribution in [0, 0.1) is 0 Å². The van der Waals surface area contributed by atoms with Gasteiger partial charge in [0.15, 0.2) is 13.2 Å². The molecule has 0 atom stereocenters. The van der Waals surface area contributed by atoms with Crippen molar-refractivity contribution in [2.75, 3.05) is 31.6 Å². The van der Waals surface area contributed by atoms with E-state index in [1.165, 1.54) is 6.07 Å². The molecule has 1 heterocycles. The van der Waals surface area contributed by atoms with E-state index in [0.717, 1.165) is 25.9 Å². The van der Waals surface area contributed by atoms with E-state index in [1.54, 1.807) is 47.4 Å². The average Bonchev–Trinajstić information content (AvgIpc) is 3.26. The van der Waals surface area contributed by atoms with E-state index in [9.17, 15) is 14.4 Å². The summed E-state index contributed by atoms with van der Waals surface area (Å²) in [6.45, 7) is 1.02. The summed E-state index contributed by atoms with van der Waals surface area (Å²) in [7, 11) is 0. The molecule has 2 aromatic carbocycles. The molecule has 0 radical (unpaired) electrons. The van der Waals surface area contributed by atoms with E-state index in [0.29, 0.717) is 17.0 Å². The first-order valence-electron chi connectivity index (χ1n) is 9.28. The number of carbonyl (C=O) groups excluding carboxylic acids is 2. The Labute approximate surface area is 168 Å². The first-order chi connectivity index (χ1) is 14.0. The van der Waals surface area contributed by atoms with Gasteiger partial charge in [0.05, 0.1) is 0 Å². The van der Waals surface area contributed by atoms with Crippen molar-refractivity contribution in [1.29, 1.82) is 0 Å².